The van der Waals surface area contributed by atoms with Gasteiger partial charge in [0.2, 0.25) is 0 Å². The second-order valence-electron chi connectivity index (χ2n) is 3.39. The molecule has 4 nitrogen and oxygen atoms in total. The third kappa shape index (κ3) is 1.96. The van der Waals surface area contributed by atoms with Crippen molar-refractivity contribution in [3.05, 3.63) is 42.5 Å². The smallest absolute Gasteiger partial charge is 0.192 e. The minimum atomic E-state index is 0.738. The van der Waals surface area contributed by atoms with Crippen molar-refractivity contribution in [2.75, 3.05) is 0 Å². The molecular formula is C11H8N4S2. The van der Waals surface area contributed by atoms with Gasteiger partial charge in [-0.1, -0.05) is 18.2 Å². The molecule has 0 amide bonds. The highest BCUT2D eigenvalue weighted by Crippen LogP contribution is 2.29. The number of para-hydroxylation sites is 1. The molecule has 2 aromatic heterocycles. The van der Waals surface area contributed by atoms with Gasteiger partial charge >= 0.3 is 0 Å². The van der Waals surface area contributed by atoms with Crippen LogP contribution in [0.5, 0.6) is 0 Å². The summed E-state index contributed by atoms with van der Waals surface area (Å²) in [6.45, 7) is 0. The largest absolute Gasteiger partial charge is 0.197 e. The van der Waals surface area contributed by atoms with Crippen LogP contribution in [0.2, 0.25) is 0 Å². The molecule has 3 aromatic rings. The van der Waals surface area contributed by atoms with Gasteiger partial charge in [0.1, 0.15) is 0 Å². The Morgan fingerprint density at radius 1 is 1.06 bits per heavy atom. The van der Waals surface area contributed by atoms with Gasteiger partial charge in [-0.15, -0.1) is 29.1 Å². The quantitative estimate of drug-likeness (QED) is 0.720. The molecule has 0 unspecified atom stereocenters. The maximum Gasteiger partial charge on any atom is 0.197 e. The number of hydrogen-bond donors (Lipinski definition) is 1. The van der Waals surface area contributed by atoms with E-state index in [-0.39, 0.29) is 0 Å². The molecular weight excluding hydrogens is 252 g/mol. The summed E-state index contributed by atoms with van der Waals surface area (Å²) in [4.78, 5) is 1.00. The van der Waals surface area contributed by atoms with E-state index in [0.717, 1.165) is 20.6 Å². The lowest BCUT2D eigenvalue weighted by atomic mass is 10.3. The summed E-state index contributed by atoms with van der Waals surface area (Å²) in [6, 6.07) is 13.7. The Kier molecular flexibility index (Phi) is 2.66. The zero-order chi connectivity index (χ0) is 11.7. The van der Waals surface area contributed by atoms with E-state index in [9.17, 15) is 0 Å². The van der Waals surface area contributed by atoms with Crippen LogP contribution in [0.4, 0.5) is 0 Å². The summed E-state index contributed by atoms with van der Waals surface area (Å²) in [5.41, 5.74) is 0.946. The third-order valence-electron chi connectivity index (χ3n) is 2.28. The predicted octanol–water partition coefficient (Wildman–Crippen LogP) is 2.68. The van der Waals surface area contributed by atoms with E-state index in [0.29, 0.717) is 0 Å². The molecule has 0 fully saturated rings. The minimum absolute atomic E-state index is 0.738. The van der Waals surface area contributed by atoms with Crippen molar-refractivity contribution in [2.24, 2.45) is 0 Å². The van der Waals surface area contributed by atoms with Crippen LogP contribution in [0.25, 0.3) is 16.4 Å². The fourth-order valence-corrected chi connectivity index (χ4v) is 2.62. The van der Waals surface area contributed by atoms with Gasteiger partial charge in [0, 0.05) is 0 Å². The zero-order valence-electron chi connectivity index (χ0n) is 8.69. The molecule has 0 saturated carbocycles. The predicted molar refractivity (Wildman–Crippen MR) is 69.7 cm³/mol. The summed E-state index contributed by atoms with van der Waals surface area (Å²) in [7, 11) is 0. The molecule has 1 aromatic carbocycles. The van der Waals surface area contributed by atoms with Gasteiger partial charge in [-0.25, -0.2) is 0 Å². The zero-order valence-corrected chi connectivity index (χ0v) is 10.4. The second-order valence-corrected chi connectivity index (χ2v) is 5.26. The topological polar surface area (TPSA) is 43.6 Å². The highest BCUT2D eigenvalue weighted by molar-refractivity contribution is 7.83. The van der Waals surface area contributed by atoms with Gasteiger partial charge < -0.3 is 0 Å². The van der Waals surface area contributed by atoms with Crippen LogP contribution in [-0.4, -0.2) is 20.2 Å². The highest BCUT2D eigenvalue weighted by atomic mass is 32.2. The third-order valence-corrected chi connectivity index (χ3v) is 3.59. The normalized spacial score (nSPS) is 10.6. The van der Waals surface area contributed by atoms with Crippen LogP contribution in [0.3, 0.4) is 0 Å². The first-order chi connectivity index (χ1) is 8.34. The van der Waals surface area contributed by atoms with Gasteiger partial charge in [0.15, 0.2) is 5.82 Å². The van der Waals surface area contributed by atoms with Crippen molar-refractivity contribution < 1.29 is 0 Å². The fraction of sp³-hybridized carbons (Fsp3) is 0. The van der Waals surface area contributed by atoms with Crippen LogP contribution in [-0.2, 0) is 0 Å². The lowest BCUT2D eigenvalue weighted by Crippen LogP contribution is -1.98. The molecule has 0 radical (unpaired) electrons. The molecule has 17 heavy (non-hydrogen) atoms. The van der Waals surface area contributed by atoms with E-state index in [2.05, 4.69) is 28.2 Å². The van der Waals surface area contributed by atoms with Gasteiger partial charge in [-0.05, 0) is 34.7 Å². The first-order valence-electron chi connectivity index (χ1n) is 4.97. The number of thiol groups is 1. The number of rotatable bonds is 2. The van der Waals surface area contributed by atoms with E-state index in [1.165, 1.54) is 0 Å². The van der Waals surface area contributed by atoms with Crippen molar-refractivity contribution in [3.63, 3.8) is 0 Å². The molecule has 0 atom stereocenters. The van der Waals surface area contributed by atoms with Gasteiger partial charge in [0.25, 0.3) is 0 Å². The Morgan fingerprint density at radius 2 is 1.88 bits per heavy atom. The lowest BCUT2D eigenvalue weighted by molar-refractivity contribution is 0.791. The molecule has 0 aliphatic heterocycles. The highest BCUT2D eigenvalue weighted by Gasteiger charge is 2.11. The van der Waals surface area contributed by atoms with Gasteiger partial charge in [-0.3, -0.25) is 0 Å². The number of tetrazole rings is 1. The SMILES string of the molecule is Sc1ccc(-c2nnnn2-c2ccccc2)s1. The van der Waals surface area contributed by atoms with Crippen molar-refractivity contribution in [1.29, 1.82) is 0 Å². The summed E-state index contributed by atoms with van der Waals surface area (Å²) >= 11 is 5.85. The molecule has 2 heterocycles. The first kappa shape index (κ1) is 10.5. The van der Waals surface area contributed by atoms with Gasteiger partial charge in [-0.2, -0.15) is 4.68 Å². The number of nitrogens with zero attached hydrogens (tertiary/aromatic N) is 4. The number of aromatic nitrogens is 4. The molecule has 0 aliphatic rings. The Bertz CT molecular complexity index is 630. The fourth-order valence-electron chi connectivity index (χ4n) is 1.53. The van der Waals surface area contributed by atoms with E-state index in [1.807, 2.05) is 42.5 Å². The average Bonchev–Trinajstić information content (AvgIpc) is 2.98. The molecule has 6 heteroatoms. The summed E-state index contributed by atoms with van der Waals surface area (Å²) in [5.74, 6) is 0.738. The molecule has 0 spiro atoms. The molecule has 0 aliphatic carbocycles. The lowest BCUT2D eigenvalue weighted by Gasteiger charge is -2.01. The molecule has 0 N–H and O–H groups in total. The van der Waals surface area contributed by atoms with Crippen LogP contribution in [0, 0.1) is 0 Å². The van der Waals surface area contributed by atoms with E-state index < -0.39 is 0 Å². The monoisotopic (exact) mass is 260 g/mol. The van der Waals surface area contributed by atoms with Gasteiger partial charge in [0.05, 0.1) is 14.8 Å². The summed E-state index contributed by atoms with van der Waals surface area (Å²) < 4.78 is 2.67. The van der Waals surface area contributed by atoms with Crippen LogP contribution in [0.1, 0.15) is 0 Å². The summed E-state index contributed by atoms with van der Waals surface area (Å²) in [6.07, 6.45) is 0. The van der Waals surface area contributed by atoms with Crippen molar-refractivity contribution in [2.45, 2.75) is 4.21 Å². The summed E-state index contributed by atoms with van der Waals surface area (Å²) in [5, 5.41) is 11.8. The Morgan fingerprint density at radius 3 is 2.59 bits per heavy atom. The average molecular weight is 260 g/mol. The Labute approximate surface area is 107 Å². The molecule has 0 bridgehead atoms. The Balaban J connectivity index is 2.12. The van der Waals surface area contributed by atoms with Crippen molar-refractivity contribution >= 4 is 24.0 Å². The molecule has 0 saturated heterocycles. The minimum Gasteiger partial charge on any atom is -0.192 e. The van der Waals surface area contributed by atoms with E-state index in [4.69, 9.17) is 0 Å². The molecule has 84 valence electrons. The van der Waals surface area contributed by atoms with E-state index >= 15 is 0 Å². The standard InChI is InChI=1S/C11H8N4S2/c16-10-7-6-9(17-10)11-12-13-14-15(11)8-4-2-1-3-5-8/h1-7,16H. The number of thiophene rings is 1. The second kappa shape index (κ2) is 4.31. The van der Waals surface area contributed by atoms with Crippen LogP contribution < -0.4 is 0 Å². The van der Waals surface area contributed by atoms with Crippen molar-refractivity contribution in [1.82, 2.24) is 20.2 Å². The molecule has 3 rings (SSSR count). The first-order valence-corrected chi connectivity index (χ1v) is 6.24. The van der Waals surface area contributed by atoms with Crippen LogP contribution in [0.15, 0.2) is 46.7 Å². The van der Waals surface area contributed by atoms with E-state index in [1.54, 1.807) is 16.0 Å². The number of hydrogen-bond acceptors (Lipinski definition) is 5. The van der Waals surface area contributed by atoms with Crippen LogP contribution >= 0.6 is 24.0 Å². The number of benzene rings is 1. The Hall–Kier alpha value is -1.66. The van der Waals surface area contributed by atoms with Crippen molar-refractivity contribution in [3.8, 4) is 16.4 Å². The maximum atomic E-state index is 4.30. The maximum absolute atomic E-state index is 4.30.